The maximum Gasteiger partial charge on any atom is 0.272 e. The summed E-state index contributed by atoms with van der Waals surface area (Å²) in [6.45, 7) is 4.25. The Morgan fingerprint density at radius 3 is 2.56 bits per heavy atom. The lowest BCUT2D eigenvalue weighted by molar-refractivity contribution is -0.00935. The van der Waals surface area contributed by atoms with E-state index in [-0.39, 0.29) is 11.5 Å². The summed E-state index contributed by atoms with van der Waals surface area (Å²) < 4.78 is 29.9. The minimum absolute atomic E-state index is 0.252. The van der Waals surface area contributed by atoms with Gasteiger partial charge < -0.3 is 0 Å². The van der Waals surface area contributed by atoms with Gasteiger partial charge in [-0.3, -0.25) is 9.50 Å². The molecule has 0 amide bonds. The van der Waals surface area contributed by atoms with E-state index in [1.807, 2.05) is 0 Å². The average molecular weight is 273 g/mol. The van der Waals surface area contributed by atoms with E-state index in [0.29, 0.717) is 23.8 Å². The Morgan fingerprint density at radius 2 is 1.78 bits per heavy atom. The summed E-state index contributed by atoms with van der Waals surface area (Å²) >= 11 is 0. The zero-order valence-electron chi connectivity index (χ0n) is 11.1. The molecule has 3 rings (SSSR count). The third kappa shape index (κ3) is 2.10. The average Bonchev–Trinajstić information content (AvgIpc) is 2.28. The minimum Gasteiger partial charge on any atom is -0.288 e. The van der Waals surface area contributed by atoms with Gasteiger partial charge in [0.05, 0.1) is 5.25 Å². The fourth-order valence-corrected chi connectivity index (χ4v) is 5.97. The summed E-state index contributed by atoms with van der Waals surface area (Å²) in [5.74, 6) is 1.21. The second-order valence-electron chi connectivity index (χ2n) is 6.44. The Kier molecular flexibility index (Phi) is 3.19. The van der Waals surface area contributed by atoms with E-state index in [4.69, 9.17) is 4.18 Å². The fourth-order valence-electron chi connectivity index (χ4n) is 4.01. The Hall–Kier alpha value is -0.130. The quantitative estimate of drug-likeness (QED) is 0.685. The van der Waals surface area contributed by atoms with Crippen LogP contribution in [0, 0.1) is 17.8 Å². The standard InChI is InChI=1S/C13H23NO3S/c1-8-3-5-10-11-6-4-9(2)14-13(11)17-18(15,16)12(10)7-8/h8-14H,3-7H2,1-2H3. The highest BCUT2D eigenvalue weighted by molar-refractivity contribution is 7.87. The van der Waals surface area contributed by atoms with Gasteiger partial charge in [-0.05, 0) is 44.4 Å². The van der Waals surface area contributed by atoms with E-state index < -0.39 is 10.1 Å². The lowest BCUT2D eigenvalue weighted by Gasteiger charge is -2.48. The highest BCUT2D eigenvalue weighted by Gasteiger charge is 2.51. The van der Waals surface area contributed by atoms with Gasteiger partial charge >= 0.3 is 0 Å². The summed E-state index contributed by atoms with van der Waals surface area (Å²) in [5.41, 5.74) is 0. The molecule has 0 radical (unpaired) electrons. The first-order valence-electron chi connectivity index (χ1n) is 7.15. The molecule has 1 N–H and O–H groups in total. The summed E-state index contributed by atoms with van der Waals surface area (Å²) in [4.78, 5) is 0. The molecule has 5 heteroatoms. The zero-order valence-corrected chi connectivity index (χ0v) is 11.9. The molecule has 2 aliphatic heterocycles. The van der Waals surface area contributed by atoms with Crippen LogP contribution in [0.1, 0.15) is 46.0 Å². The predicted octanol–water partition coefficient (Wildman–Crippen LogP) is 1.87. The predicted molar refractivity (Wildman–Crippen MR) is 69.4 cm³/mol. The number of rotatable bonds is 0. The van der Waals surface area contributed by atoms with E-state index >= 15 is 0 Å². The van der Waals surface area contributed by atoms with Crippen LogP contribution in [-0.2, 0) is 14.3 Å². The normalized spacial score (nSPS) is 51.2. The molecule has 0 aromatic carbocycles. The second kappa shape index (κ2) is 4.46. The molecule has 1 aliphatic carbocycles. The summed E-state index contributed by atoms with van der Waals surface area (Å²) in [6, 6.07) is 0.362. The summed E-state index contributed by atoms with van der Waals surface area (Å²) in [5, 5.41) is 3.06. The molecule has 104 valence electrons. The number of nitrogens with one attached hydrogen (secondary N) is 1. The smallest absolute Gasteiger partial charge is 0.272 e. The second-order valence-corrected chi connectivity index (χ2v) is 8.22. The van der Waals surface area contributed by atoms with Crippen molar-refractivity contribution in [1.29, 1.82) is 0 Å². The molecule has 6 unspecified atom stereocenters. The lowest BCUT2D eigenvalue weighted by atomic mass is 9.72. The van der Waals surface area contributed by atoms with Gasteiger partial charge in [0.2, 0.25) is 0 Å². The fraction of sp³-hybridized carbons (Fsp3) is 1.00. The minimum atomic E-state index is -3.37. The molecule has 2 saturated heterocycles. The van der Waals surface area contributed by atoms with Crippen molar-refractivity contribution < 1.29 is 12.6 Å². The maximum absolute atomic E-state index is 12.3. The molecule has 2 heterocycles. The number of piperidine rings is 1. The first-order chi connectivity index (χ1) is 8.47. The number of fused-ring (bicyclic) bond motifs is 3. The Balaban J connectivity index is 1.88. The first kappa shape index (κ1) is 12.9. The third-order valence-electron chi connectivity index (χ3n) is 5.03. The van der Waals surface area contributed by atoms with Crippen molar-refractivity contribution in [2.75, 3.05) is 0 Å². The van der Waals surface area contributed by atoms with Crippen LogP contribution in [0.15, 0.2) is 0 Å². The van der Waals surface area contributed by atoms with E-state index in [1.54, 1.807) is 0 Å². The molecule has 3 fully saturated rings. The van der Waals surface area contributed by atoms with Crippen LogP contribution in [0.4, 0.5) is 0 Å². The van der Waals surface area contributed by atoms with Crippen LogP contribution in [0.3, 0.4) is 0 Å². The topological polar surface area (TPSA) is 55.4 Å². The molecule has 6 atom stereocenters. The highest BCUT2D eigenvalue weighted by Crippen LogP contribution is 2.46. The van der Waals surface area contributed by atoms with Gasteiger partial charge in [0, 0.05) is 12.0 Å². The summed E-state index contributed by atoms with van der Waals surface area (Å²) in [6.07, 6.45) is 4.95. The number of hydrogen-bond acceptors (Lipinski definition) is 4. The third-order valence-corrected chi connectivity index (χ3v) is 6.79. The first-order valence-corrected chi connectivity index (χ1v) is 8.62. The molecule has 0 bridgehead atoms. The Bertz CT molecular complexity index is 422. The summed E-state index contributed by atoms with van der Waals surface area (Å²) in [7, 11) is -3.37. The van der Waals surface area contributed by atoms with Crippen molar-refractivity contribution in [3.63, 3.8) is 0 Å². The lowest BCUT2D eigenvalue weighted by Crippen LogP contribution is -2.59. The van der Waals surface area contributed by atoms with Crippen LogP contribution >= 0.6 is 0 Å². The van der Waals surface area contributed by atoms with Crippen molar-refractivity contribution in [1.82, 2.24) is 5.32 Å². The molecule has 0 spiro atoms. The van der Waals surface area contributed by atoms with E-state index in [1.165, 1.54) is 0 Å². The van der Waals surface area contributed by atoms with Crippen molar-refractivity contribution in [2.45, 2.75) is 63.5 Å². The molecule has 18 heavy (non-hydrogen) atoms. The molecular weight excluding hydrogens is 250 g/mol. The van der Waals surface area contributed by atoms with Crippen LogP contribution < -0.4 is 5.32 Å². The van der Waals surface area contributed by atoms with Crippen molar-refractivity contribution in [2.24, 2.45) is 17.8 Å². The van der Waals surface area contributed by atoms with Crippen LogP contribution in [0.25, 0.3) is 0 Å². The molecule has 3 aliphatic rings. The van der Waals surface area contributed by atoms with Gasteiger partial charge in [-0.2, -0.15) is 8.42 Å². The Morgan fingerprint density at radius 1 is 1.06 bits per heavy atom. The van der Waals surface area contributed by atoms with Crippen molar-refractivity contribution in [3.8, 4) is 0 Å². The van der Waals surface area contributed by atoms with E-state index in [0.717, 1.165) is 32.1 Å². The number of hydrogen-bond donors (Lipinski definition) is 1. The van der Waals surface area contributed by atoms with Crippen LogP contribution in [0.5, 0.6) is 0 Å². The van der Waals surface area contributed by atoms with Gasteiger partial charge in [-0.1, -0.05) is 13.3 Å². The van der Waals surface area contributed by atoms with Gasteiger partial charge in [-0.15, -0.1) is 0 Å². The van der Waals surface area contributed by atoms with Crippen LogP contribution in [-0.4, -0.2) is 25.9 Å². The maximum atomic E-state index is 12.3. The SMILES string of the molecule is CC1CCC2C3CCC(C)NC3OS(=O)(=O)C2C1. The molecular formula is C13H23NO3S. The zero-order chi connectivity index (χ0) is 12.9. The molecule has 1 saturated carbocycles. The van der Waals surface area contributed by atoms with E-state index in [2.05, 4.69) is 19.2 Å². The van der Waals surface area contributed by atoms with Crippen LogP contribution in [0.2, 0.25) is 0 Å². The van der Waals surface area contributed by atoms with Gasteiger partial charge in [0.15, 0.2) is 0 Å². The molecule has 0 aromatic rings. The molecule has 4 nitrogen and oxygen atoms in total. The van der Waals surface area contributed by atoms with Crippen molar-refractivity contribution >= 4 is 10.1 Å². The largest absolute Gasteiger partial charge is 0.288 e. The van der Waals surface area contributed by atoms with Gasteiger partial charge in [-0.25, -0.2) is 0 Å². The van der Waals surface area contributed by atoms with Gasteiger partial charge in [0.1, 0.15) is 6.23 Å². The van der Waals surface area contributed by atoms with Crippen molar-refractivity contribution in [3.05, 3.63) is 0 Å². The monoisotopic (exact) mass is 273 g/mol. The highest BCUT2D eigenvalue weighted by atomic mass is 32.2. The van der Waals surface area contributed by atoms with Gasteiger partial charge in [0.25, 0.3) is 10.1 Å². The molecule has 0 aromatic heterocycles. The van der Waals surface area contributed by atoms with E-state index in [9.17, 15) is 8.42 Å². The Labute approximate surface area is 110 Å².